The Morgan fingerprint density at radius 1 is 0.625 bits per heavy atom. The predicted molar refractivity (Wildman–Crippen MR) is 146 cm³/mol. The molecule has 3 aromatic rings. The molecule has 0 atom stereocenters. The minimum Gasteiger partial charge on any atom is -0.486 e. The molecule has 0 aliphatic heterocycles. The van der Waals surface area contributed by atoms with E-state index in [4.69, 9.17) is 32.4 Å². The number of aliphatic carboxylic acids is 3. The molecule has 0 aliphatic rings. The molecule has 0 amide bonds. The molecule has 3 aromatic carbocycles. The maximum atomic E-state index is 11.2. The van der Waals surface area contributed by atoms with Crippen LogP contribution < -0.4 is 4.90 Å². The first-order chi connectivity index (χ1) is 19.2. The fourth-order valence-electron chi connectivity index (χ4n) is 3.52. The van der Waals surface area contributed by atoms with Crippen LogP contribution in [0.5, 0.6) is 0 Å². The average molecular weight is 530 g/mol. The molecule has 10 nitrogen and oxygen atoms in total. The van der Waals surface area contributed by atoms with E-state index in [1.165, 1.54) is 18.2 Å². The van der Waals surface area contributed by atoms with Crippen molar-refractivity contribution in [1.82, 2.24) is 0 Å². The Kier molecular flexibility index (Phi) is 8.92. The zero-order chi connectivity index (χ0) is 29.2. The largest absolute Gasteiger partial charge is 0.486 e. The van der Waals surface area contributed by atoms with Gasteiger partial charge in [-0.2, -0.15) is 10.5 Å². The summed E-state index contributed by atoms with van der Waals surface area (Å²) in [5.74, 6) is -4.03. The third-order valence-corrected chi connectivity index (χ3v) is 5.42. The maximum Gasteiger partial charge on any atom is 0.346 e. The van der Waals surface area contributed by atoms with Crippen LogP contribution in [0.3, 0.4) is 0 Å². The van der Waals surface area contributed by atoms with Gasteiger partial charge in [-0.1, -0.05) is 36.4 Å². The van der Waals surface area contributed by atoms with Crippen molar-refractivity contribution in [3.8, 4) is 12.1 Å². The molecular weight excluding hydrogens is 512 g/mol. The van der Waals surface area contributed by atoms with Gasteiger partial charge in [0.05, 0.1) is 6.57 Å². The van der Waals surface area contributed by atoms with Crippen LogP contribution in [0.4, 0.5) is 17.1 Å². The van der Waals surface area contributed by atoms with Crippen LogP contribution in [0.1, 0.15) is 16.7 Å². The third kappa shape index (κ3) is 6.86. The lowest BCUT2D eigenvalue weighted by Crippen LogP contribution is -2.10. The summed E-state index contributed by atoms with van der Waals surface area (Å²) in [4.78, 5) is 38.4. The summed E-state index contributed by atoms with van der Waals surface area (Å²) in [6, 6.07) is 23.4. The fourth-order valence-corrected chi connectivity index (χ4v) is 3.52. The second-order valence-electron chi connectivity index (χ2n) is 8.01. The quantitative estimate of drug-likeness (QED) is 0.184. The van der Waals surface area contributed by atoms with E-state index < -0.39 is 34.8 Å². The minimum absolute atomic E-state index is 0.421. The molecule has 0 radical (unpaired) electrons. The van der Waals surface area contributed by atoms with Crippen molar-refractivity contribution in [1.29, 1.82) is 10.5 Å². The normalized spacial score (nSPS) is 11.5. The summed E-state index contributed by atoms with van der Waals surface area (Å²) < 4.78 is 0. The number of anilines is 3. The summed E-state index contributed by atoms with van der Waals surface area (Å²) in [6.45, 7) is 7.02. The third-order valence-electron chi connectivity index (χ3n) is 5.42. The topological polar surface area (TPSA) is 167 Å². The van der Waals surface area contributed by atoms with E-state index in [-0.39, 0.29) is 0 Å². The van der Waals surface area contributed by atoms with Gasteiger partial charge in [0.2, 0.25) is 0 Å². The first kappa shape index (κ1) is 28.1. The van der Waals surface area contributed by atoms with Crippen LogP contribution >= 0.6 is 0 Å². The number of carbonyl (C=O) groups is 3. The predicted octanol–water partition coefficient (Wildman–Crippen LogP) is 5.48. The summed E-state index contributed by atoms with van der Waals surface area (Å²) in [5, 5.41) is 45.4. The van der Waals surface area contributed by atoms with Crippen LogP contribution in [0.15, 0.2) is 89.6 Å². The Bertz CT molecular complexity index is 1480. The molecule has 0 unspecified atom stereocenters. The highest BCUT2D eigenvalue weighted by molar-refractivity contribution is 5.97. The lowest BCUT2D eigenvalue weighted by molar-refractivity contribution is -0.133. The van der Waals surface area contributed by atoms with Gasteiger partial charge in [-0.25, -0.2) is 14.4 Å². The zero-order valence-electron chi connectivity index (χ0n) is 20.5. The molecule has 3 N–H and O–H groups in total. The highest BCUT2D eigenvalue weighted by atomic mass is 16.4. The standard InChI is InChI=1S/C30H18N4O6/c1-33-27(30(39)40)16-21-6-12-26(13-7-21)34(24-8-2-19(3-9-24)14-22(17-31)28(35)36)25-10-4-20(5-11-25)15-23(18-32)29(37)38/h2-16H,(H,35,36)(H,37,38)(H,39,40)/b22-14-,23-15+,27-16?. The molecule has 0 aliphatic carbocycles. The number of rotatable bonds is 9. The molecular formula is C30H18N4O6. The van der Waals surface area contributed by atoms with Crippen LogP contribution in [-0.4, -0.2) is 33.2 Å². The highest BCUT2D eigenvalue weighted by Gasteiger charge is 2.14. The number of carboxylic acids is 3. The second kappa shape index (κ2) is 12.7. The van der Waals surface area contributed by atoms with Crippen molar-refractivity contribution in [2.45, 2.75) is 0 Å². The smallest absolute Gasteiger partial charge is 0.346 e. The number of hydrogen-bond donors (Lipinski definition) is 3. The first-order valence-corrected chi connectivity index (χ1v) is 11.3. The number of nitriles is 2. The van der Waals surface area contributed by atoms with Gasteiger partial charge in [0.1, 0.15) is 23.3 Å². The molecule has 0 spiro atoms. The van der Waals surface area contributed by atoms with Crippen molar-refractivity contribution in [3.05, 3.63) is 118 Å². The van der Waals surface area contributed by atoms with Gasteiger partial charge in [-0.05, 0) is 71.3 Å². The first-order valence-electron chi connectivity index (χ1n) is 11.3. The van der Waals surface area contributed by atoms with Gasteiger partial charge in [-0.15, -0.1) is 0 Å². The fraction of sp³-hybridized carbons (Fsp3) is 0. The SMILES string of the molecule is [C-]#[N+]C(=Cc1ccc(N(c2ccc(/C=C(/C#N)C(=O)O)cc2)c2ccc(/C=C(\C#N)C(=O)O)cc2)cc1)C(=O)O. The molecule has 0 saturated heterocycles. The van der Waals surface area contributed by atoms with Crippen molar-refractivity contribution in [2.24, 2.45) is 0 Å². The summed E-state index contributed by atoms with van der Waals surface area (Å²) in [5.41, 5.74) is 2.13. The maximum absolute atomic E-state index is 11.2. The van der Waals surface area contributed by atoms with Crippen molar-refractivity contribution in [3.63, 3.8) is 0 Å². The van der Waals surface area contributed by atoms with Crippen LogP contribution in [-0.2, 0) is 14.4 Å². The van der Waals surface area contributed by atoms with Gasteiger partial charge in [0.25, 0.3) is 5.70 Å². The highest BCUT2D eigenvalue weighted by Crippen LogP contribution is 2.35. The molecule has 10 heteroatoms. The van der Waals surface area contributed by atoms with Crippen LogP contribution in [0, 0.1) is 29.2 Å². The Morgan fingerprint density at radius 3 is 1.20 bits per heavy atom. The Balaban J connectivity index is 2.08. The van der Waals surface area contributed by atoms with E-state index in [0.717, 1.165) is 0 Å². The monoisotopic (exact) mass is 530 g/mol. The molecule has 0 fully saturated rings. The molecule has 0 aromatic heterocycles. The van der Waals surface area contributed by atoms with E-state index in [9.17, 15) is 14.4 Å². The summed E-state index contributed by atoms with van der Waals surface area (Å²) in [7, 11) is 0. The number of benzene rings is 3. The minimum atomic E-state index is -1.34. The molecule has 0 heterocycles. The molecule has 0 bridgehead atoms. The van der Waals surface area contributed by atoms with Crippen LogP contribution in [0.2, 0.25) is 0 Å². The van der Waals surface area contributed by atoms with Crippen molar-refractivity contribution in [2.75, 3.05) is 4.90 Å². The Hall–Kier alpha value is -6.44. The molecule has 194 valence electrons. The van der Waals surface area contributed by atoms with Gasteiger partial charge >= 0.3 is 17.9 Å². The van der Waals surface area contributed by atoms with Gasteiger partial charge < -0.3 is 20.2 Å². The second-order valence-corrected chi connectivity index (χ2v) is 8.01. The van der Waals surface area contributed by atoms with E-state index in [1.54, 1.807) is 84.9 Å². The summed E-state index contributed by atoms with van der Waals surface area (Å²) >= 11 is 0. The van der Waals surface area contributed by atoms with Gasteiger partial charge in [0.15, 0.2) is 0 Å². The lowest BCUT2D eigenvalue weighted by atomic mass is 10.1. The average Bonchev–Trinajstić information content (AvgIpc) is 2.95. The molecule has 3 rings (SSSR count). The van der Waals surface area contributed by atoms with Crippen LogP contribution in [0.25, 0.3) is 23.1 Å². The lowest BCUT2D eigenvalue weighted by Gasteiger charge is -2.26. The van der Waals surface area contributed by atoms with Crippen molar-refractivity contribution < 1.29 is 29.7 Å². The van der Waals surface area contributed by atoms with E-state index in [0.29, 0.717) is 33.8 Å². The van der Waals surface area contributed by atoms with E-state index in [2.05, 4.69) is 4.85 Å². The Labute approximate surface area is 228 Å². The number of nitrogens with zero attached hydrogens (tertiary/aromatic N) is 4. The number of carboxylic acid groups (broad SMARTS) is 3. The Morgan fingerprint density at radius 2 is 0.950 bits per heavy atom. The van der Waals surface area contributed by atoms with E-state index in [1.807, 2.05) is 4.90 Å². The van der Waals surface area contributed by atoms with E-state index >= 15 is 0 Å². The number of hydrogen-bond acceptors (Lipinski definition) is 6. The van der Waals surface area contributed by atoms with Gasteiger partial charge in [0, 0.05) is 17.1 Å². The zero-order valence-corrected chi connectivity index (χ0v) is 20.5. The summed E-state index contributed by atoms with van der Waals surface area (Å²) in [6.07, 6.45) is 3.73. The molecule has 40 heavy (non-hydrogen) atoms. The van der Waals surface area contributed by atoms with Crippen molar-refractivity contribution >= 4 is 53.2 Å². The van der Waals surface area contributed by atoms with Gasteiger partial charge in [-0.3, -0.25) is 4.79 Å². The molecule has 0 saturated carbocycles.